The van der Waals surface area contributed by atoms with Crippen LogP contribution in [0.15, 0.2) is 46.8 Å². The number of fused-ring (bicyclic) bond motifs is 5. The summed E-state index contributed by atoms with van der Waals surface area (Å²) < 4.78 is 17.8. The molecular formula is C45H72O6. The Morgan fingerprint density at radius 1 is 1.00 bits per heavy atom. The maximum Gasteiger partial charge on any atom is 0.336 e. The van der Waals surface area contributed by atoms with Gasteiger partial charge in [-0.1, -0.05) is 78.7 Å². The van der Waals surface area contributed by atoms with Gasteiger partial charge in [-0.25, -0.2) is 4.79 Å². The fourth-order valence-corrected chi connectivity index (χ4v) is 11.3. The third-order valence-electron chi connectivity index (χ3n) is 14.4. The van der Waals surface area contributed by atoms with Gasteiger partial charge in [0.05, 0.1) is 17.3 Å². The molecule has 0 aromatic carbocycles. The van der Waals surface area contributed by atoms with Crippen LogP contribution < -0.4 is 0 Å². The third-order valence-corrected chi connectivity index (χ3v) is 14.4. The summed E-state index contributed by atoms with van der Waals surface area (Å²) in [4.78, 5) is 26.9. The molecule has 1 unspecified atom stereocenters. The molecule has 0 aromatic heterocycles. The molecule has 0 aromatic rings. The molecule has 4 aliphatic carbocycles. The highest BCUT2D eigenvalue weighted by molar-refractivity contribution is 5.90. The van der Waals surface area contributed by atoms with Gasteiger partial charge in [0.2, 0.25) is 6.79 Å². The molecule has 0 spiro atoms. The second-order valence-corrected chi connectivity index (χ2v) is 18.9. The van der Waals surface area contributed by atoms with Gasteiger partial charge in [0.15, 0.2) is 0 Å². The Labute approximate surface area is 310 Å². The second-order valence-electron chi connectivity index (χ2n) is 18.9. The van der Waals surface area contributed by atoms with Gasteiger partial charge in [-0.3, -0.25) is 4.79 Å². The van der Waals surface area contributed by atoms with Crippen LogP contribution in [-0.4, -0.2) is 36.0 Å². The molecule has 51 heavy (non-hydrogen) atoms. The van der Waals surface area contributed by atoms with E-state index in [9.17, 15) is 14.7 Å². The Hall–Kier alpha value is -2.34. The summed E-state index contributed by atoms with van der Waals surface area (Å²) in [5.74, 6) is 1.77. The molecule has 0 radical (unpaired) electrons. The molecule has 1 N–H and O–H groups in total. The number of aliphatic hydroxyl groups is 1. The molecule has 4 aliphatic rings. The lowest BCUT2D eigenvalue weighted by atomic mass is 9.36. The lowest BCUT2D eigenvalue weighted by Crippen LogP contribution is -2.65. The zero-order chi connectivity index (χ0) is 38.1. The minimum Gasteiger partial charge on any atom is -0.491 e. The Balaban J connectivity index is 1.80. The Morgan fingerprint density at radius 3 is 2.29 bits per heavy atom. The first-order valence-electron chi connectivity index (χ1n) is 20.1. The van der Waals surface area contributed by atoms with Crippen LogP contribution in [0.4, 0.5) is 0 Å². The van der Waals surface area contributed by atoms with Gasteiger partial charge in [-0.05, 0) is 156 Å². The largest absolute Gasteiger partial charge is 0.491 e. The first-order valence-corrected chi connectivity index (χ1v) is 20.1. The van der Waals surface area contributed by atoms with Crippen LogP contribution in [0.5, 0.6) is 0 Å². The van der Waals surface area contributed by atoms with Crippen LogP contribution in [0, 0.1) is 51.2 Å². The van der Waals surface area contributed by atoms with Crippen molar-refractivity contribution in [3.63, 3.8) is 0 Å². The van der Waals surface area contributed by atoms with Crippen LogP contribution in [-0.2, 0) is 23.8 Å². The lowest BCUT2D eigenvalue weighted by Gasteiger charge is -2.69. The van der Waals surface area contributed by atoms with Crippen molar-refractivity contribution >= 4 is 11.9 Å². The summed E-state index contributed by atoms with van der Waals surface area (Å²) in [6.07, 6.45) is 14.0. The fourth-order valence-electron chi connectivity index (χ4n) is 11.3. The number of hydrogen-bond acceptors (Lipinski definition) is 6. The lowest BCUT2D eigenvalue weighted by molar-refractivity contribution is -0.229. The first kappa shape index (κ1) is 41.4. The number of hydrogen-bond donors (Lipinski definition) is 1. The predicted octanol–water partition coefficient (Wildman–Crippen LogP) is 11.1. The summed E-state index contributed by atoms with van der Waals surface area (Å²) in [5.41, 5.74) is 2.96. The summed E-state index contributed by atoms with van der Waals surface area (Å²) >= 11 is 0. The minimum absolute atomic E-state index is 0.0602. The Kier molecular flexibility index (Phi) is 13.0. The molecule has 6 heteroatoms. The van der Waals surface area contributed by atoms with Crippen LogP contribution in [0.1, 0.15) is 154 Å². The number of ether oxygens (including phenoxy) is 3. The average molecular weight is 709 g/mol. The number of carbonyl (C=O) groups is 2. The number of aliphatic hydroxyl groups excluding tert-OH is 1. The summed E-state index contributed by atoms with van der Waals surface area (Å²) in [5, 5.41) is 12.4. The molecule has 288 valence electrons. The van der Waals surface area contributed by atoms with Gasteiger partial charge in [-0.2, -0.15) is 0 Å². The second kappa shape index (κ2) is 15.9. The summed E-state index contributed by atoms with van der Waals surface area (Å²) in [7, 11) is 0. The SMILES string of the molecule is C=C(C)OC1C[C@@]2(C)[C@@H](C[C@@H](O)[C@H]3[C@@]4(C)CC[C@@H](C)[C@H](C)[C@@H]4CC[C@@]32C)/C1=C(\CCC(/C=C/CCCC)=C(C)C)C(=O)OCOC(=O)C(C)(C)C. The van der Waals surface area contributed by atoms with Crippen LogP contribution in [0.25, 0.3) is 0 Å². The van der Waals surface area contributed by atoms with Crippen molar-refractivity contribution in [3.05, 3.63) is 46.8 Å². The highest BCUT2D eigenvalue weighted by atomic mass is 16.7. The van der Waals surface area contributed by atoms with E-state index < -0.39 is 30.3 Å². The Bertz CT molecular complexity index is 1390. The molecule has 10 atom stereocenters. The van der Waals surface area contributed by atoms with E-state index in [-0.39, 0.29) is 34.2 Å². The average Bonchev–Trinajstić information content (AvgIpc) is 3.30. The molecule has 0 bridgehead atoms. The van der Waals surface area contributed by atoms with Crippen LogP contribution in [0.2, 0.25) is 0 Å². The highest BCUT2D eigenvalue weighted by Gasteiger charge is 2.70. The van der Waals surface area contributed by atoms with E-state index in [2.05, 4.69) is 74.1 Å². The maximum atomic E-state index is 14.4. The van der Waals surface area contributed by atoms with Gasteiger partial charge in [0.25, 0.3) is 0 Å². The topological polar surface area (TPSA) is 82.1 Å². The van der Waals surface area contributed by atoms with E-state index in [1.54, 1.807) is 20.8 Å². The number of carbonyl (C=O) groups excluding carboxylic acids is 2. The number of rotatable bonds is 12. The number of unbranched alkanes of at least 4 members (excludes halogenated alkanes) is 2. The van der Waals surface area contributed by atoms with E-state index in [0.29, 0.717) is 48.3 Å². The molecule has 0 aliphatic heterocycles. The van der Waals surface area contributed by atoms with Crippen molar-refractivity contribution in [2.75, 3.05) is 6.79 Å². The molecule has 4 fully saturated rings. The van der Waals surface area contributed by atoms with Gasteiger partial charge in [-0.15, -0.1) is 0 Å². The van der Waals surface area contributed by atoms with E-state index >= 15 is 0 Å². The smallest absolute Gasteiger partial charge is 0.336 e. The van der Waals surface area contributed by atoms with Gasteiger partial charge in [0.1, 0.15) is 6.10 Å². The quantitative estimate of drug-likeness (QED) is 0.0543. The molecule has 0 saturated heterocycles. The molecule has 4 saturated carbocycles. The predicted molar refractivity (Wildman–Crippen MR) is 206 cm³/mol. The normalized spacial score (nSPS) is 37.2. The fraction of sp³-hybridized carbons (Fsp3) is 0.778. The van der Waals surface area contributed by atoms with Crippen LogP contribution >= 0.6 is 0 Å². The summed E-state index contributed by atoms with van der Waals surface area (Å²) in [6.45, 7) is 29.6. The van der Waals surface area contributed by atoms with Crippen molar-refractivity contribution in [3.8, 4) is 0 Å². The van der Waals surface area contributed by atoms with Crippen molar-refractivity contribution in [1.29, 1.82) is 0 Å². The van der Waals surface area contributed by atoms with E-state index in [1.165, 1.54) is 17.6 Å². The molecule has 0 heterocycles. The maximum absolute atomic E-state index is 14.4. The standard InChI is InChI=1S/C45H72O6/c1-14-15-16-17-18-32(28(2)3)19-20-33(40(47)49-27-50-41(48)42(8,9)10)38-35-25-36(46)39-43(11)23-21-30(6)31(7)34(43)22-24-44(39,12)45(35,13)26-37(38)51-29(4)5/h17-18,30-31,34-37,39,46H,4,14-16,19-27H2,1-3,5-13H3/b18-17+,38-33-/t30-,31+,34+,35+,36-,37?,39+,43+,44+,45+/m1/s1. The molecular weight excluding hydrogens is 636 g/mol. The van der Waals surface area contributed by atoms with Crippen molar-refractivity contribution in [2.45, 2.75) is 166 Å². The molecule has 4 rings (SSSR count). The van der Waals surface area contributed by atoms with E-state index in [4.69, 9.17) is 14.2 Å². The van der Waals surface area contributed by atoms with Crippen molar-refractivity contribution in [1.82, 2.24) is 0 Å². The van der Waals surface area contributed by atoms with Gasteiger partial charge < -0.3 is 19.3 Å². The van der Waals surface area contributed by atoms with Crippen LogP contribution in [0.3, 0.4) is 0 Å². The van der Waals surface area contributed by atoms with E-state index in [0.717, 1.165) is 50.5 Å². The Morgan fingerprint density at radius 2 is 1.69 bits per heavy atom. The van der Waals surface area contributed by atoms with E-state index in [1.807, 2.05) is 6.92 Å². The summed E-state index contributed by atoms with van der Waals surface area (Å²) in [6, 6.07) is 0. The zero-order valence-electron chi connectivity index (χ0n) is 34.4. The van der Waals surface area contributed by atoms with Crippen molar-refractivity contribution < 1.29 is 28.9 Å². The number of esters is 2. The minimum atomic E-state index is -0.710. The van der Waals surface area contributed by atoms with Gasteiger partial charge in [0, 0.05) is 5.57 Å². The first-order chi connectivity index (χ1) is 23.7. The molecule has 6 nitrogen and oxygen atoms in total. The van der Waals surface area contributed by atoms with Gasteiger partial charge >= 0.3 is 11.9 Å². The highest BCUT2D eigenvalue weighted by Crippen LogP contribution is 2.74. The molecule has 0 amide bonds. The van der Waals surface area contributed by atoms with Crippen molar-refractivity contribution in [2.24, 2.45) is 51.2 Å². The third kappa shape index (κ3) is 8.11. The number of allylic oxidation sites excluding steroid dienone is 5. The zero-order valence-corrected chi connectivity index (χ0v) is 34.4. The monoisotopic (exact) mass is 709 g/mol.